The molecule has 0 saturated carbocycles. The molecule has 0 radical (unpaired) electrons. The Hall–Kier alpha value is -0.510. The van der Waals surface area contributed by atoms with Gasteiger partial charge in [-0.2, -0.15) is 0 Å². The number of ether oxygens (including phenoxy) is 1. The lowest BCUT2D eigenvalue weighted by atomic mass is 9.99. The van der Waals surface area contributed by atoms with Gasteiger partial charge in [0.05, 0.1) is 5.92 Å². The normalized spacial score (nSPS) is 21.1. The zero-order valence-corrected chi connectivity index (χ0v) is 9.59. The molecule has 72 valence electrons. The van der Waals surface area contributed by atoms with Crippen molar-refractivity contribution in [1.82, 2.24) is 0 Å². The zero-order valence-electron chi connectivity index (χ0n) is 7.20. The molecule has 1 aliphatic heterocycles. The molecule has 1 unspecified atom stereocenters. The van der Waals surface area contributed by atoms with Crippen molar-refractivity contribution in [3.63, 3.8) is 0 Å². The van der Waals surface area contributed by atoms with E-state index in [4.69, 9.17) is 40.8 Å². The fraction of sp³-hybridized carbons (Fsp3) is 0.200. The summed E-state index contributed by atoms with van der Waals surface area (Å²) in [4.78, 5) is 0. The molecule has 4 heteroatoms. The van der Waals surface area contributed by atoms with E-state index in [9.17, 15) is 0 Å². The Morgan fingerprint density at radius 3 is 2.36 bits per heavy atom. The maximum atomic E-state index is 5.79. The molecule has 0 amide bonds. The second kappa shape index (κ2) is 3.93. The molecule has 0 N–H and O–H groups in total. The van der Waals surface area contributed by atoms with Gasteiger partial charge in [0.2, 0.25) is 0 Å². The van der Waals surface area contributed by atoms with Gasteiger partial charge in [0, 0.05) is 11.4 Å². The summed E-state index contributed by atoms with van der Waals surface area (Å²) in [6.45, 7) is 0. The summed E-state index contributed by atoms with van der Waals surface area (Å²) in [6, 6.07) is 7.61. The first kappa shape index (κ1) is 10.0. The summed E-state index contributed by atoms with van der Waals surface area (Å²) < 4.78 is 5.19. The first-order chi connectivity index (χ1) is 6.66. The van der Waals surface area contributed by atoms with E-state index in [1.54, 1.807) is 0 Å². The fourth-order valence-corrected chi connectivity index (χ4v) is 2.18. The van der Waals surface area contributed by atoms with E-state index in [0.29, 0.717) is 16.5 Å². The molecular weight excluding hydrogens is 236 g/mol. The van der Waals surface area contributed by atoms with Crippen molar-refractivity contribution in [1.29, 1.82) is 0 Å². The minimum absolute atomic E-state index is 0.120. The van der Waals surface area contributed by atoms with Crippen molar-refractivity contribution in [3.05, 3.63) is 34.9 Å². The number of hydrogen-bond acceptors (Lipinski definition) is 3. The van der Waals surface area contributed by atoms with Gasteiger partial charge in [-0.25, -0.2) is 0 Å². The third-order valence-corrected chi connectivity index (χ3v) is 3.01. The summed E-state index contributed by atoms with van der Waals surface area (Å²) in [5.41, 5.74) is 1.11. The minimum Gasteiger partial charge on any atom is -0.442 e. The Bertz CT molecular complexity index is 386. The molecule has 0 spiro atoms. The van der Waals surface area contributed by atoms with Gasteiger partial charge >= 0.3 is 0 Å². The van der Waals surface area contributed by atoms with E-state index < -0.39 is 0 Å². The molecule has 0 aromatic heterocycles. The third-order valence-electron chi connectivity index (χ3n) is 2.14. The summed E-state index contributed by atoms with van der Waals surface area (Å²) >= 11 is 15.8. The van der Waals surface area contributed by atoms with E-state index in [0.717, 1.165) is 10.6 Å². The van der Waals surface area contributed by atoms with Gasteiger partial charge in [-0.3, -0.25) is 0 Å². The largest absolute Gasteiger partial charge is 0.442 e. The van der Waals surface area contributed by atoms with Gasteiger partial charge in [0.15, 0.2) is 10.1 Å². The lowest BCUT2D eigenvalue weighted by Gasteiger charge is -2.06. The molecule has 14 heavy (non-hydrogen) atoms. The van der Waals surface area contributed by atoms with Crippen LogP contribution in [0.2, 0.25) is 5.02 Å². The van der Waals surface area contributed by atoms with Crippen LogP contribution in [0.25, 0.3) is 0 Å². The quantitative estimate of drug-likeness (QED) is 0.698. The highest BCUT2D eigenvalue weighted by molar-refractivity contribution is 7.81. The molecule has 1 atom stereocenters. The van der Waals surface area contributed by atoms with Crippen molar-refractivity contribution in [2.45, 2.75) is 12.3 Å². The molecule has 0 bridgehead atoms. The molecule has 1 aromatic rings. The zero-order chi connectivity index (χ0) is 10.1. The molecule has 0 aliphatic carbocycles. The smallest absolute Gasteiger partial charge is 0.176 e. The molecular formula is C10H7ClOS2. The van der Waals surface area contributed by atoms with Crippen LogP contribution < -0.4 is 0 Å². The summed E-state index contributed by atoms with van der Waals surface area (Å²) in [6.07, 6.45) is 0.704. The predicted octanol–water partition coefficient (Wildman–Crippen LogP) is 3.50. The average molecular weight is 243 g/mol. The van der Waals surface area contributed by atoms with Crippen LogP contribution in [0.3, 0.4) is 0 Å². The van der Waals surface area contributed by atoms with Gasteiger partial charge in [0.25, 0.3) is 0 Å². The number of hydrogen-bond donors (Lipinski definition) is 0. The maximum Gasteiger partial charge on any atom is 0.176 e. The van der Waals surface area contributed by atoms with Crippen molar-refractivity contribution in [3.8, 4) is 0 Å². The predicted molar refractivity (Wildman–Crippen MR) is 65.1 cm³/mol. The standard InChI is InChI=1S/C10H7ClOS2/c11-7-3-1-6(2-4-7)8-5-9(13)12-10(8)14/h1-4,8H,5H2. The van der Waals surface area contributed by atoms with E-state index in [2.05, 4.69) is 0 Å². The number of thiocarbonyl (C=S) groups is 2. The molecule has 1 nitrogen and oxygen atoms in total. The van der Waals surface area contributed by atoms with Gasteiger partial charge in [0.1, 0.15) is 0 Å². The summed E-state index contributed by atoms with van der Waals surface area (Å²) in [5.74, 6) is 0.120. The van der Waals surface area contributed by atoms with E-state index in [1.165, 1.54) is 0 Å². The lowest BCUT2D eigenvalue weighted by Crippen LogP contribution is -2.02. The number of benzene rings is 1. The highest BCUT2D eigenvalue weighted by atomic mass is 35.5. The van der Waals surface area contributed by atoms with Crippen LogP contribution in [0.4, 0.5) is 0 Å². The van der Waals surface area contributed by atoms with E-state index in [-0.39, 0.29) is 5.92 Å². The Kier molecular flexibility index (Phi) is 2.81. The Morgan fingerprint density at radius 1 is 1.21 bits per heavy atom. The fourth-order valence-electron chi connectivity index (χ4n) is 1.42. The first-order valence-corrected chi connectivity index (χ1v) is 5.36. The highest BCUT2D eigenvalue weighted by Gasteiger charge is 2.28. The first-order valence-electron chi connectivity index (χ1n) is 4.17. The molecule has 1 aliphatic rings. The van der Waals surface area contributed by atoms with Crippen LogP contribution in [0.1, 0.15) is 17.9 Å². The number of rotatable bonds is 1. The van der Waals surface area contributed by atoms with E-state index >= 15 is 0 Å². The van der Waals surface area contributed by atoms with Crippen LogP contribution in [0, 0.1) is 0 Å². The lowest BCUT2D eigenvalue weighted by molar-refractivity contribution is 0.583. The molecule has 1 heterocycles. The van der Waals surface area contributed by atoms with E-state index in [1.807, 2.05) is 24.3 Å². The molecule has 2 rings (SSSR count). The Balaban J connectivity index is 2.27. The monoisotopic (exact) mass is 242 g/mol. The van der Waals surface area contributed by atoms with Crippen LogP contribution in [-0.2, 0) is 4.74 Å². The van der Waals surface area contributed by atoms with Crippen molar-refractivity contribution >= 4 is 46.1 Å². The molecule has 1 aromatic carbocycles. The summed E-state index contributed by atoms with van der Waals surface area (Å²) in [7, 11) is 0. The van der Waals surface area contributed by atoms with Crippen molar-refractivity contribution in [2.75, 3.05) is 0 Å². The Labute approximate surface area is 98.0 Å². The van der Waals surface area contributed by atoms with Gasteiger partial charge in [-0.1, -0.05) is 23.7 Å². The SMILES string of the molecule is S=C1CC(c2ccc(Cl)cc2)C(=S)O1. The molecule has 1 fully saturated rings. The van der Waals surface area contributed by atoms with Crippen molar-refractivity contribution < 1.29 is 4.74 Å². The average Bonchev–Trinajstić information content (AvgIpc) is 2.47. The van der Waals surface area contributed by atoms with Crippen molar-refractivity contribution in [2.24, 2.45) is 0 Å². The number of halogens is 1. The van der Waals surface area contributed by atoms with Crippen LogP contribution in [0.15, 0.2) is 24.3 Å². The second-order valence-electron chi connectivity index (χ2n) is 3.10. The van der Waals surface area contributed by atoms with Gasteiger partial charge in [-0.05, 0) is 42.1 Å². The van der Waals surface area contributed by atoms with Gasteiger partial charge < -0.3 is 4.74 Å². The summed E-state index contributed by atoms with van der Waals surface area (Å²) in [5, 5.41) is 1.87. The van der Waals surface area contributed by atoms with Crippen LogP contribution in [-0.4, -0.2) is 10.1 Å². The van der Waals surface area contributed by atoms with Gasteiger partial charge in [-0.15, -0.1) is 0 Å². The van der Waals surface area contributed by atoms with Crippen LogP contribution in [0.5, 0.6) is 0 Å². The topological polar surface area (TPSA) is 9.23 Å². The maximum absolute atomic E-state index is 5.79. The highest BCUT2D eigenvalue weighted by Crippen LogP contribution is 2.29. The van der Waals surface area contributed by atoms with Crippen LogP contribution >= 0.6 is 36.0 Å². The molecule has 1 saturated heterocycles. The third kappa shape index (κ3) is 1.95. The second-order valence-corrected chi connectivity index (χ2v) is 4.40. The Morgan fingerprint density at radius 2 is 1.86 bits per heavy atom. The minimum atomic E-state index is 0.120.